The van der Waals surface area contributed by atoms with Gasteiger partial charge in [0.15, 0.2) is 0 Å². The summed E-state index contributed by atoms with van der Waals surface area (Å²) in [6.07, 6.45) is 8.40. The summed E-state index contributed by atoms with van der Waals surface area (Å²) < 4.78 is 1.07. The normalized spacial score (nSPS) is 15.8. The third-order valence-electron chi connectivity index (χ3n) is 7.36. The molecule has 1 fully saturated rings. The van der Waals surface area contributed by atoms with Crippen LogP contribution in [0.15, 0.2) is 18.2 Å². The van der Waals surface area contributed by atoms with Gasteiger partial charge in [-0.2, -0.15) is 0 Å². The Kier molecular flexibility index (Phi) is 12.0. The van der Waals surface area contributed by atoms with Crippen LogP contribution in [-0.4, -0.2) is 47.9 Å². The molecule has 8 nitrogen and oxygen atoms in total. The van der Waals surface area contributed by atoms with Crippen molar-refractivity contribution in [1.29, 1.82) is 0 Å². The van der Waals surface area contributed by atoms with Crippen LogP contribution in [0.3, 0.4) is 0 Å². The molecule has 0 saturated heterocycles. The fourth-order valence-electron chi connectivity index (χ4n) is 5.00. The number of carbonyl (C=O) groups excluding carboxylic acids is 3. The maximum atomic E-state index is 13.6. The van der Waals surface area contributed by atoms with Gasteiger partial charge < -0.3 is 21.7 Å². The van der Waals surface area contributed by atoms with Crippen molar-refractivity contribution in [3.8, 4) is 0 Å². The molecule has 9 heteroatoms. The number of aromatic nitrogens is 1. The highest BCUT2D eigenvalue weighted by atomic mass is 32.1. The first-order valence-corrected chi connectivity index (χ1v) is 15.1. The predicted octanol–water partition coefficient (Wildman–Crippen LogP) is 4.17. The van der Waals surface area contributed by atoms with Gasteiger partial charge in [-0.1, -0.05) is 52.5 Å². The van der Waals surface area contributed by atoms with Crippen LogP contribution in [0.4, 0.5) is 0 Å². The van der Waals surface area contributed by atoms with E-state index in [1.807, 2.05) is 6.07 Å². The molecule has 0 aliphatic heterocycles. The number of hydrogen-bond donors (Lipinski definition) is 4. The molecular formula is C29H45N5O3S. The Morgan fingerprint density at radius 1 is 1.05 bits per heavy atom. The van der Waals surface area contributed by atoms with E-state index in [1.54, 1.807) is 18.3 Å². The number of amides is 3. The van der Waals surface area contributed by atoms with E-state index >= 15 is 0 Å². The molecule has 2 aromatic rings. The summed E-state index contributed by atoms with van der Waals surface area (Å²) in [7, 11) is 0. The standard InChI is InChI=1S/C29H45N5O3S/c1-4-25(35)32-23(18-26-33-22-14-13-21(19(2)3)17-24(22)38-26)28(36)34-27(20-11-7-5-8-12-20)29(37)31-16-10-6-9-15-30/h13-14,17,19-20,23,27H,4-12,15-16,18,30H2,1-3H3,(H,31,37)(H,32,35)(H,34,36)/t23-,27-/m0/s1. The van der Waals surface area contributed by atoms with Gasteiger partial charge in [-0.3, -0.25) is 14.4 Å². The first-order valence-electron chi connectivity index (χ1n) is 14.3. The first-order chi connectivity index (χ1) is 18.3. The monoisotopic (exact) mass is 543 g/mol. The smallest absolute Gasteiger partial charge is 0.243 e. The van der Waals surface area contributed by atoms with Crippen LogP contribution in [0.1, 0.15) is 95.0 Å². The molecule has 0 bridgehead atoms. The summed E-state index contributed by atoms with van der Waals surface area (Å²) in [6, 6.07) is 4.85. The second kappa shape index (κ2) is 15.2. The van der Waals surface area contributed by atoms with Crippen molar-refractivity contribution < 1.29 is 14.4 Å². The third kappa shape index (κ3) is 8.76. The van der Waals surface area contributed by atoms with Crippen LogP contribution < -0.4 is 21.7 Å². The van der Waals surface area contributed by atoms with E-state index in [0.717, 1.165) is 66.6 Å². The van der Waals surface area contributed by atoms with Crippen LogP contribution in [0, 0.1) is 5.92 Å². The Balaban J connectivity index is 1.75. The number of hydrogen-bond acceptors (Lipinski definition) is 6. The van der Waals surface area contributed by atoms with E-state index in [0.29, 0.717) is 19.0 Å². The summed E-state index contributed by atoms with van der Waals surface area (Å²) in [5, 5.41) is 9.72. The molecule has 38 heavy (non-hydrogen) atoms. The number of nitrogens with one attached hydrogen (secondary N) is 3. The van der Waals surface area contributed by atoms with E-state index < -0.39 is 12.1 Å². The van der Waals surface area contributed by atoms with Gasteiger partial charge in [0.1, 0.15) is 12.1 Å². The lowest BCUT2D eigenvalue weighted by Crippen LogP contribution is -2.57. The number of fused-ring (bicyclic) bond motifs is 1. The molecule has 0 radical (unpaired) electrons. The number of benzene rings is 1. The van der Waals surface area contributed by atoms with E-state index in [2.05, 4.69) is 41.9 Å². The number of carbonyl (C=O) groups is 3. The molecule has 1 saturated carbocycles. The van der Waals surface area contributed by atoms with E-state index in [1.165, 1.54) is 5.56 Å². The average molecular weight is 544 g/mol. The maximum absolute atomic E-state index is 13.6. The Morgan fingerprint density at radius 2 is 1.82 bits per heavy atom. The summed E-state index contributed by atoms with van der Waals surface area (Å²) >= 11 is 1.55. The molecule has 210 valence electrons. The Labute approximate surface area is 230 Å². The van der Waals surface area contributed by atoms with Crippen molar-refractivity contribution >= 4 is 39.3 Å². The molecule has 5 N–H and O–H groups in total. The molecule has 0 spiro atoms. The summed E-state index contributed by atoms with van der Waals surface area (Å²) in [5.41, 5.74) is 7.71. The van der Waals surface area contributed by atoms with Crippen molar-refractivity contribution in [1.82, 2.24) is 20.9 Å². The number of nitrogens with zero attached hydrogens (tertiary/aromatic N) is 1. The maximum Gasteiger partial charge on any atom is 0.243 e. The fourth-order valence-corrected chi connectivity index (χ4v) is 6.06. The van der Waals surface area contributed by atoms with Crippen molar-refractivity contribution in [3.63, 3.8) is 0 Å². The molecule has 2 atom stereocenters. The van der Waals surface area contributed by atoms with Crippen LogP contribution in [-0.2, 0) is 20.8 Å². The van der Waals surface area contributed by atoms with Crippen LogP contribution in [0.25, 0.3) is 10.2 Å². The van der Waals surface area contributed by atoms with Gasteiger partial charge in [-0.15, -0.1) is 11.3 Å². The Hall–Kier alpha value is -2.52. The molecule has 1 aromatic heterocycles. The summed E-state index contributed by atoms with van der Waals surface area (Å²) in [4.78, 5) is 43.9. The lowest BCUT2D eigenvalue weighted by atomic mass is 9.83. The number of thiazole rings is 1. The van der Waals surface area contributed by atoms with E-state index in [-0.39, 0.29) is 36.5 Å². The summed E-state index contributed by atoms with van der Waals surface area (Å²) in [6.45, 7) is 7.29. The SMILES string of the molecule is CCC(=O)N[C@@H](Cc1nc2ccc(C(C)C)cc2s1)C(=O)N[C@H](C(=O)NCCCCCN)C1CCCCC1. The lowest BCUT2D eigenvalue weighted by Gasteiger charge is -2.31. The molecule has 1 aliphatic carbocycles. The van der Waals surface area contributed by atoms with E-state index in [4.69, 9.17) is 10.7 Å². The fraction of sp³-hybridized carbons (Fsp3) is 0.655. The molecular weight excluding hydrogens is 498 g/mol. The minimum absolute atomic E-state index is 0.0937. The average Bonchev–Trinajstić information content (AvgIpc) is 3.33. The number of rotatable bonds is 14. The van der Waals surface area contributed by atoms with Crippen molar-refractivity contribution in [3.05, 3.63) is 28.8 Å². The quantitative estimate of drug-likeness (QED) is 0.266. The van der Waals surface area contributed by atoms with Crippen molar-refractivity contribution in [2.45, 2.75) is 103 Å². The largest absolute Gasteiger partial charge is 0.354 e. The van der Waals surface area contributed by atoms with Crippen molar-refractivity contribution in [2.24, 2.45) is 11.7 Å². The lowest BCUT2D eigenvalue weighted by molar-refractivity contribution is -0.133. The van der Waals surface area contributed by atoms with Gasteiger partial charge in [-0.25, -0.2) is 4.98 Å². The van der Waals surface area contributed by atoms with Gasteiger partial charge in [0.2, 0.25) is 17.7 Å². The molecule has 1 aliphatic rings. The predicted molar refractivity (Wildman–Crippen MR) is 154 cm³/mol. The molecule has 3 amide bonds. The first kappa shape index (κ1) is 30.0. The molecule has 1 heterocycles. The molecule has 3 rings (SSSR count). The highest BCUT2D eigenvalue weighted by Crippen LogP contribution is 2.28. The van der Waals surface area contributed by atoms with Gasteiger partial charge in [-0.05, 0) is 61.8 Å². The summed E-state index contributed by atoms with van der Waals surface area (Å²) in [5.74, 6) is -0.165. The molecule has 0 unspecified atom stereocenters. The Morgan fingerprint density at radius 3 is 2.50 bits per heavy atom. The van der Waals surface area contributed by atoms with Gasteiger partial charge in [0, 0.05) is 19.4 Å². The second-order valence-electron chi connectivity index (χ2n) is 10.7. The zero-order chi connectivity index (χ0) is 27.5. The second-order valence-corrected chi connectivity index (χ2v) is 11.8. The van der Waals surface area contributed by atoms with Gasteiger partial charge >= 0.3 is 0 Å². The number of nitrogens with two attached hydrogens (primary N) is 1. The number of unbranched alkanes of at least 4 members (excludes halogenated alkanes) is 2. The zero-order valence-corrected chi connectivity index (χ0v) is 24.0. The highest BCUT2D eigenvalue weighted by Gasteiger charge is 2.33. The van der Waals surface area contributed by atoms with Gasteiger partial charge in [0.25, 0.3) is 0 Å². The van der Waals surface area contributed by atoms with Crippen LogP contribution in [0.5, 0.6) is 0 Å². The topological polar surface area (TPSA) is 126 Å². The van der Waals surface area contributed by atoms with Gasteiger partial charge in [0.05, 0.1) is 15.2 Å². The molecule has 1 aromatic carbocycles. The Bertz CT molecular complexity index is 1060. The minimum Gasteiger partial charge on any atom is -0.354 e. The third-order valence-corrected chi connectivity index (χ3v) is 8.40. The minimum atomic E-state index is -0.795. The zero-order valence-electron chi connectivity index (χ0n) is 23.2. The van der Waals surface area contributed by atoms with Crippen LogP contribution >= 0.6 is 11.3 Å². The van der Waals surface area contributed by atoms with E-state index in [9.17, 15) is 14.4 Å². The highest BCUT2D eigenvalue weighted by molar-refractivity contribution is 7.18. The van der Waals surface area contributed by atoms with Crippen LogP contribution in [0.2, 0.25) is 0 Å². The van der Waals surface area contributed by atoms with Crippen molar-refractivity contribution in [2.75, 3.05) is 13.1 Å².